The topological polar surface area (TPSA) is 126 Å². The molecular formula is C13H31ClNO6+. The smallest absolute Gasteiger partial charge is 0.126 e. The Hall–Kier alpha value is 0.01000. The lowest BCUT2D eigenvalue weighted by Gasteiger charge is -2.24. The molecule has 0 heterocycles. The van der Waals surface area contributed by atoms with Crippen LogP contribution in [0.1, 0.15) is 19.8 Å². The van der Waals surface area contributed by atoms with Crippen LogP contribution in [0.25, 0.3) is 0 Å². The Morgan fingerprint density at radius 1 is 0.810 bits per heavy atom. The minimum atomic E-state index is -0.952. The summed E-state index contributed by atoms with van der Waals surface area (Å²) in [7, 11) is 0. The van der Waals surface area contributed by atoms with Crippen molar-refractivity contribution in [2.24, 2.45) is 0 Å². The maximum absolute atomic E-state index is 9.24. The van der Waals surface area contributed by atoms with Crippen molar-refractivity contribution in [2.45, 2.75) is 38.1 Å². The Balaban J connectivity index is 0. The van der Waals surface area contributed by atoms with Crippen LogP contribution in [0.2, 0.25) is 0 Å². The van der Waals surface area contributed by atoms with Gasteiger partial charge in [-0.3, -0.25) is 0 Å². The average Bonchev–Trinajstić information content (AvgIpc) is 2.48. The zero-order valence-corrected chi connectivity index (χ0v) is 13.4. The molecule has 7 N–H and O–H groups in total. The van der Waals surface area contributed by atoms with E-state index in [1.807, 2.05) is 0 Å². The third-order valence-electron chi connectivity index (χ3n) is 2.69. The van der Waals surface area contributed by atoms with Gasteiger partial charge in [-0.15, -0.1) is 11.6 Å². The van der Waals surface area contributed by atoms with E-state index in [0.29, 0.717) is 4.90 Å². The fourth-order valence-electron chi connectivity index (χ4n) is 1.58. The van der Waals surface area contributed by atoms with Gasteiger partial charge in [0.15, 0.2) is 0 Å². The van der Waals surface area contributed by atoms with Crippen molar-refractivity contribution in [3.63, 3.8) is 0 Å². The Labute approximate surface area is 131 Å². The largest absolute Gasteiger partial charge is 0.393 e. The molecule has 0 radical (unpaired) electrons. The fraction of sp³-hybridized carbons (Fsp3) is 1.00. The first-order valence-corrected chi connectivity index (χ1v) is 7.74. The zero-order valence-electron chi connectivity index (χ0n) is 12.7. The first kappa shape index (κ1) is 23.3. The van der Waals surface area contributed by atoms with E-state index in [0.717, 1.165) is 12.3 Å². The molecule has 3 atom stereocenters. The number of hydrogen-bond acceptors (Lipinski definition) is 6. The Morgan fingerprint density at radius 2 is 1.14 bits per heavy atom. The molecule has 0 aromatic carbocycles. The van der Waals surface area contributed by atoms with E-state index in [1.165, 1.54) is 6.42 Å². The third kappa shape index (κ3) is 16.2. The zero-order chi connectivity index (χ0) is 16.7. The molecule has 130 valence electrons. The highest BCUT2D eigenvalue weighted by Gasteiger charge is 2.21. The molecule has 0 saturated carbocycles. The van der Waals surface area contributed by atoms with Crippen molar-refractivity contribution in [1.29, 1.82) is 0 Å². The van der Waals surface area contributed by atoms with Gasteiger partial charge in [0.05, 0.1) is 19.8 Å². The van der Waals surface area contributed by atoms with E-state index in [4.69, 9.17) is 26.9 Å². The highest BCUT2D eigenvalue weighted by atomic mass is 35.5. The van der Waals surface area contributed by atoms with E-state index in [-0.39, 0.29) is 19.6 Å². The summed E-state index contributed by atoms with van der Waals surface area (Å²) in [5.74, 6) is 0.816. The van der Waals surface area contributed by atoms with Crippen molar-refractivity contribution in [2.75, 3.05) is 45.3 Å². The second-order valence-corrected chi connectivity index (χ2v) is 5.29. The van der Waals surface area contributed by atoms with Crippen LogP contribution in [0.15, 0.2) is 0 Å². The van der Waals surface area contributed by atoms with Gasteiger partial charge in [-0.1, -0.05) is 13.3 Å². The van der Waals surface area contributed by atoms with Gasteiger partial charge in [0.2, 0.25) is 0 Å². The van der Waals surface area contributed by atoms with Gasteiger partial charge in [-0.25, -0.2) is 0 Å². The predicted octanol–water partition coefficient (Wildman–Crippen LogP) is -3.04. The van der Waals surface area contributed by atoms with Crippen molar-refractivity contribution in [3.05, 3.63) is 0 Å². The molecule has 0 rings (SSSR count). The molecule has 7 nitrogen and oxygen atoms in total. The number of unbranched alkanes of at least 4 members (excludes halogenated alkanes) is 1. The minimum absolute atomic E-state index is 0.130. The van der Waals surface area contributed by atoms with Gasteiger partial charge >= 0.3 is 0 Å². The monoisotopic (exact) mass is 332 g/mol. The summed E-state index contributed by atoms with van der Waals surface area (Å²) in [6.45, 7) is 1.29. The number of rotatable bonds is 11. The minimum Gasteiger partial charge on any atom is -0.393 e. The number of halogens is 1. The van der Waals surface area contributed by atoms with Crippen molar-refractivity contribution in [3.8, 4) is 0 Å². The Kier molecular flexibility index (Phi) is 18.2. The van der Waals surface area contributed by atoms with Gasteiger partial charge in [-0.2, -0.15) is 0 Å². The second kappa shape index (κ2) is 16.4. The summed E-state index contributed by atoms with van der Waals surface area (Å²) < 4.78 is 0. The van der Waals surface area contributed by atoms with Crippen LogP contribution in [0.5, 0.6) is 0 Å². The summed E-state index contributed by atoms with van der Waals surface area (Å²) in [6, 6.07) is 0. The molecule has 0 amide bonds. The summed E-state index contributed by atoms with van der Waals surface area (Å²) in [5.41, 5.74) is 0. The van der Waals surface area contributed by atoms with Gasteiger partial charge < -0.3 is 35.5 Å². The number of quaternary nitrogens is 1. The lowest BCUT2D eigenvalue weighted by Crippen LogP contribution is -3.15. The van der Waals surface area contributed by atoms with Crippen molar-refractivity contribution >= 4 is 11.6 Å². The average molecular weight is 333 g/mol. The quantitative estimate of drug-likeness (QED) is 0.202. The van der Waals surface area contributed by atoms with E-state index < -0.39 is 38.1 Å². The van der Waals surface area contributed by atoms with Crippen LogP contribution < -0.4 is 4.90 Å². The SMILES string of the molecule is CCCCCl.OCC(O)C[NH+](CC(O)CO)CC(O)CO. The van der Waals surface area contributed by atoms with E-state index in [9.17, 15) is 15.3 Å². The van der Waals surface area contributed by atoms with Crippen LogP contribution in [0, 0.1) is 0 Å². The van der Waals surface area contributed by atoms with Crippen LogP contribution in [-0.2, 0) is 0 Å². The number of nitrogens with one attached hydrogen (secondary N) is 1. The molecular weight excluding hydrogens is 302 g/mol. The fourth-order valence-corrected chi connectivity index (χ4v) is 1.84. The number of alkyl halides is 1. The summed E-state index contributed by atoms with van der Waals surface area (Å²) in [6.07, 6.45) is -0.490. The van der Waals surface area contributed by atoms with Crippen molar-refractivity contribution in [1.82, 2.24) is 0 Å². The maximum atomic E-state index is 9.24. The predicted molar refractivity (Wildman–Crippen MR) is 80.5 cm³/mol. The molecule has 21 heavy (non-hydrogen) atoms. The molecule has 0 saturated heterocycles. The van der Waals surface area contributed by atoms with Crippen LogP contribution >= 0.6 is 11.6 Å². The molecule has 0 fully saturated rings. The van der Waals surface area contributed by atoms with Crippen molar-refractivity contribution < 1.29 is 35.5 Å². The van der Waals surface area contributed by atoms with E-state index >= 15 is 0 Å². The number of aliphatic hydroxyl groups excluding tert-OH is 6. The van der Waals surface area contributed by atoms with Gasteiger partial charge in [-0.05, 0) is 6.42 Å². The normalized spacial score (nSPS) is 16.6. The third-order valence-corrected chi connectivity index (χ3v) is 2.96. The number of aliphatic hydroxyl groups is 6. The highest BCUT2D eigenvalue weighted by Crippen LogP contribution is 1.86. The Bertz CT molecular complexity index is 183. The molecule has 0 bridgehead atoms. The van der Waals surface area contributed by atoms with Crippen LogP contribution in [0.3, 0.4) is 0 Å². The summed E-state index contributed by atoms with van der Waals surface area (Å²) >= 11 is 5.30. The first-order valence-electron chi connectivity index (χ1n) is 7.21. The van der Waals surface area contributed by atoms with Gasteiger partial charge in [0.25, 0.3) is 0 Å². The second-order valence-electron chi connectivity index (χ2n) is 4.91. The molecule has 0 aliphatic heterocycles. The van der Waals surface area contributed by atoms with E-state index in [2.05, 4.69) is 6.92 Å². The number of hydrogen-bond donors (Lipinski definition) is 7. The lowest BCUT2D eigenvalue weighted by atomic mass is 10.2. The van der Waals surface area contributed by atoms with Gasteiger partial charge in [0, 0.05) is 5.88 Å². The lowest BCUT2D eigenvalue weighted by molar-refractivity contribution is -0.909. The summed E-state index contributed by atoms with van der Waals surface area (Å²) in [5, 5.41) is 53.8. The highest BCUT2D eigenvalue weighted by molar-refractivity contribution is 6.17. The van der Waals surface area contributed by atoms with Crippen LogP contribution in [-0.4, -0.2) is 94.3 Å². The molecule has 0 aromatic rings. The van der Waals surface area contributed by atoms with Gasteiger partial charge in [0.1, 0.15) is 37.9 Å². The van der Waals surface area contributed by atoms with E-state index in [1.54, 1.807) is 0 Å². The first-order chi connectivity index (χ1) is 9.94. The molecule has 3 unspecified atom stereocenters. The molecule has 0 spiro atoms. The Morgan fingerprint density at radius 3 is 1.29 bits per heavy atom. The standard InChI is InChI=1S/C9H21NO6.C4H9Cl/c11-4-7(14)1-10(2-8(15)5-12)3-9(16)6-13;1-2-3-4-5/h7-9,11-16H,1-6H2;2-4H2,1H3/p+1. The molecule has 0 aliphatic carbocycles. The molecule has 0 aromatic heterocycles. The molecule has 8 heteroatoms. The van der Waals surface area contributed by atoms with Crippen LogP contribution in [0.4, 0.5) is 0 Å². The molecule has 0 aliphatic rings. The maximum Gasteiger partial charge on any atom is 0.126 e. The summed E-state index contributed by atoms with van der Waals surface area (Å²) in [4.78, 5) is 0.602.